The number of hydrogen-bond acceptors (Lipinski definition) is 2. The molecule has 4 nitrogen and oxygen atoms in total. The molecule has 1 aromatic carbocycles. The number of amides is 2. The average molecular weight is 253 g/mol. The number of anilines is 1. The van der Waals surface area contributed by atoms with Gasteiger partial charge in [-0.15, -0.1) is 0 Å². The molecule has 1 heterocycles. The minimum absolute atomic E-state index is 0.0762. The molecule has 1 atom stereocenters. The van der Waals surface area contributed by atoms with Crippen LogP contribution in [-0.2, 0) is 9.59 Å². The van der Waals surface area contributed by atoms with Gasteiger partial charge in [0.05, 0.1) is 5.92 Å². The predicted octanol–water partition coefficient (Wildman–Crippen LogP) is 1.65. The highest BCUT2D eigenvalue weighted by atomic mass is 35.5. The van der Waals surface area contributed by atoms with Crippen molar-refractivity contribution in [1.82, 2.24) is 4.42 Å². The van der Waals surface area contributed by atoms with E-state index in [0.29, 0.717) is 0 Å². The lowest BCUT2D eigenvalue weighted by atomic mass is 10.1. The third-order valence-electron chi connectivity index (χ3n) is 2.90. The third kappa shape index (κ3) is 2.42. The zero-order valence-corrected chi connectivity index (χ0v) is 10.2. The minimum atomic E-state index is -0.342. The number of nitrogens with zero attached hydrogens (tertiary/aromatic N) is 2. The Morgan fingerprint density at radius 1 is 1.41 bits per heavy atom. The maximum Gasteiger partial charge on any atom is 0.237 e. The van der Waals surface area contributed by atoms with E-state index in [4.69, 9.17) is 11.8 Å². The molecule has 90 valence electrons. The van der Waals surface area contributed by atoms with Gasteiger partial charge in [0.15, 0.2) is 0 Å². The van der Waals surface area contributed by atoms with Crippen LogP contribution in [0, 0.1) is 5.92 Å². The predicted molar refractivity (Wildman–Crippen MR) is 65.5 cm³/mol. The summed E-state index contributed by atoms with van der Waals surface area (Å²) in [6.45, 7) is 0.288. The van der Waals surface area contributed by atoms with E-state index in [2.05, 4.69) is 0 Å². The summed E-state index contributed by atoms with van der Waals surface area (Å²) in [7, 11) is 1.71. The molecule has 0 aromatic heterocycles. The van der Waals surface area contributed by atoms with Gasteiger partial charge in [-0.1, -0.05) is 18.2 Å². The van der Waals surface area contributed by atoms with Gasteiger partial charge in [0.1, 0.15) is 0 Å². The van der Waals surface area contributed by atoms with E-state index in [0.717, 1.165) is 10.1 Å². The molecule has 1 unspecified atom stereocenters. The molecule has 2 rings (SSSR count). The highest BCUT2D eigenvalue weighted by molar-refractivity contribution is 6.22. The summed E-state index contributed by atoms with van der Waals surface area (Å²) < 4.78 is 1.08. The van der Waals surface area contributed by atoms with E-state index in [1.807, 2.05) is 30.3 Å². The smallest absolute Gasteiger partial charge is 0.237 e. The SMILES string of the molecule is CN(C(=O)C1CC(=O)N(Cl)C1)c1ccccc1. The van der Waals surface area contributed by atoms with Gasteiger partial charge in [-0.25, -0.2) is 0 Å². The summed E-state index contributed by atoms with van der Waals surface area (Å²) in [6.07, 6.45) is 0.194. The largest absolute Gasteiger partial charge is 0.315 e. The van der Waals surface area contributed by atoms with Gasteiger partial charge in [0, 0.05) is 37.5 Å². The van der Waals surface area contributed by atoms with E-state index in [9.17, 15) is 9.59 Å². The number of carbonyl (C=O) groups excluding carboxylic acids is 2. The summed E-state index contributed by atoms with van der Waals surface area (Å²) in [5.41, 5.74) is 0.818. The number of benzene rings is 1. The van der Waals surface area contributed by atoms with Crippen LogP contribution in [0.2, 0.25) is 0 Å². The van der Waals surface area contributed by atoms with Gasteiger partial charge in [-0.3, -0.25) is 14.0 Å². The van der Waals surface area contributed by atoms with Crippen molar-refractivity contribution >= 4 is 29.3 Å². The quantitative estimate of drug-likeness (QED) is 0.751. The first-order chi connectivity index (χ1) is 8.09. The van der Waals surface area contributed by atoms with Crippen molar-refractivity contribution < 1.29 is 9.59 Å². The van der Waals surface area contributed by atoms with Crippen LogP contribution in [0.25, 0.3) is 0 Å². The fraction of sp³-hybridized carbons (Fsp3) is 0.333. The number of carbonyl (C=O) groups is 2. The first-order valence-electron chi connectivity index (χ1n) is 5.38. The van der Waals surface area contributed by atoms with Crippen molar-refractivity contribution in [1.29, 1.82) is 0 Å². The Hall–Kier alpha value is -1.55. The first kappa shape index (κ1) is 11.9. The van der Waals surface area contributed by atoms with Crippen LogP contribution in [0.15, 0.2) is 30.3 Å². The van der Waals surface area contributed by atoms with Crippen molar-refractivity contribution in [2.24, 2.45) is 5.92 Å². The Kier molecular flexibility index (Phi) is 3.33. The Balaban J connectivity index is 2.09. The standard InChI is InChI=1S/C12H13ClN2O2/c1-14(10-5-3-2-4-6-10)12(17)9-7-11(16)15(13)8-9/h2-6,9H,7-8H2,1H3. The van der Waals surface area contributed by atoms with E-state index in [-0.39, 0.29) is 30.7 Å². The van der Waals surface area contributed by atoms with Gasteiger partial charge in [-0.05, 0) is 12.1 Å². The van der Waals surface area contributed by atoms with Crippen molar-refractivity contribution in [2.75, 3.05) is 18.5 Å². The number of rotatable bonds is 2. The zero-order chi connectivity index (χ0) is 12.4. The topological polar surface area (TPSA) is 40.6 Å². The molecule has 1 aliphatic rings. The highest BCUT2D eigenvalue weighted by Crippen LogP contribution is 2.23. The van der Waals surface area contributed by atoms with E-state index < -0.39 is 0 Å². The Morgan fingerprint density at radius 2 is 2.06 bits per heavy atom. The van der Waals surface area contributed by atoms with Gasteiger partial charge in [0.2, 0.25) is 11.8 Å². The van der Waals surface area contributed by atoms with Crippen molar-refractivity contribution in [2.45, 2.75) is 6.42 Å². The Morgan fingerprint density at radius 3 is 2.59 bits per heavy atom. The molecule has 17 heavy (non-hydrogen) atoms. The average Bonchev–Trinajstić information content (AvgIpc) is 2.69. The molecule has 0 bridgehead atoms. The van der Waals surface area contributed by atoms with E-state index in [1.165, 1.54) is 0 Å². The van der Waals surface area contributed by atoms with Crippen LogP contribution >= 0.6 is 11.8 Å². The van der Waals surface area contributed by atoms with Gasteiger partial charge >= 0.3 is 0 Å². The van der Waals surface area contributed by atoms with Gasteiger partial charge in [0.25, 0.3) is 0 Å². The second-order valence-corrected chi connectivity index (χ2v) is 4.48. The fourth-order valence-electron chi connectivity index (χ4n) is 1.89. The zero-order valence-electron chi connectivity index (χ0n) is 9.47. The first-order valence-corrected chi connectivity index (χ1v) is 5.72. The maximum absolute atomic E-state index is 12.1. The summed E-state index contributed by atoms with van der Waals surface area (Å²) in [5, 5.41) is 0. The molecule has 0 saturated carbocycles. The third-order valence-corrected chi connectivity index (χ3v) is 3.22. The van der Waals surface area contributed by atoms with Crippen LogP contribution in [0.3, 0.4) is 0 Å². The molecule has 5 heteroatoms. The van der Waals surface area contributed by atoms with Crippen molar-refractivity contribution in [3.05, 3.63) is 30.3 Å². The minimum Gasteiger partial charge on any atom is -0.315 e. The molecule has 1 aliphatic heterocycles. The lowest BCUT2D eigenvalue weighted by molar-refractivity contribution is -0.125. The molecule has 0 spiro atoms. The molecular formula is C12H13ClN2O2. The van der Waals surface area contributed by atoms with Crippen molar-refractivity contribution in [3.63, 3.8) is 0 Å². The van der Waals surface area contributed by atoms with Gasteiger partial charge in [-0.2, -0.15) is 0 Å². The Labute approximate surface area is 105 Å². The van der Waals surface area contributed by atoms with Crippen LogP contribution < -0.4 is 4.90 Å². The summed E-state index contributed by atoms with van der Waals surface area (Å²) in [5.74, 6) is -0.607. The highest BCUT2D eigenvalue weighted by Gasteiger charge is 2.35. The summed E-state index contributed by atoms with van der Waals surface area (Å²) >= 11 is 5.67. The molecular weight excluding hydrogens is 240 g/mol. The lowest BCUT2D eigenvalue weighted by Crippen LogP contribution is -2.33. The molecule has 2 amide bonds. The van der Waals surface area contributed by atoms with Crippen molar-refractivity contribution in [3.8, 4) is 0 Å². The summed E-state index contributed by atoms with van der Waals surface area (Å²) in [4.78, 5) is 25.0. The lowest BCUT2D eigenvalue weighted by Gasteiger charge is -2.20. The molecule has 1 aromatic rings. The molecule has 1 saturated heterocycles. The van der Waals surface area contributed by atoms with Crippen LogP contribution in [0.4, 0.5) is 5.69 Å². The number of halogens is 1. The van der Waals surface area contributed by atoms with Crippen LogP contribution in [0.5, 0.6) is 0 Å². The molecule has 0 aliphatic carbocycles. The second kappa shape index (κ2) is 4.75. The normalized spacial score (nSPS) is 19.5. The van der Waals surface area contributed by atoms with Crippen LogP contribution in [0.1, 0.15) is 6.42 Å². The molecule has 1 fully saturated rings. The Bertz CT molecular complexity index is 435. The van der Waals surface area contributed by atoms with E-state index >= 15 is 0 Å². The molecule has 0 radical (unpaired) electrons. The van der Waals surface area contributed by atoms with E-state index in [1.54, 1.807) is 11.9 Å². The fourth-order valence-corrected chi connectivity index (χ4v) is 2.12. The second-order valence-electron chi connectivity index (χ2n) is 4.07. The maximum atomic E-state index is 12.1. The number of hydrogen-bond donors (Lipinski definition) is 0. The summed E-state index contributed by atoms with van der Waals surface area (Å²) in [6, 6.07) is 9.33. The monoisotopic (exact) mass is 252 g/mol. The van der Waals surface area contributed by atoms with Gasteiger partial charge < -0.3 is 4.90 Å². The van der Waals surface area contributed by atoms with Crippen LogP contribution in [-0.4, -0.2) is 29.8 Å². The number of para-hydroxylation sites is 1. The molecule has 0 N–H and O–H groups in total.